The van der Waals surface area contributed by atoms with Crippen molar-refractivity contribution in [3.05, 3.63) is 90.5 Å². The van der Waals surface area contributed by atoms with Crippen LogP contribution in [0.4, 0.5) is 0 Å². The molecule has 3 aromatic rings. The second-order valence-corrected chi connectivity index (χ2v) is 10.2. The van der Waals surface area contributed by atoms with Crippen molar-refractivity contribution in [2.45, 2.75) is 12.5 Å². The number of benzene rings is 3. The van der Waals surface area contributed by atoms with Crippen LogP contribution in [0, 0.1) is 0 Å². The fourth-order valence-corrected chi connectivity index (χ4v) is 8.91. The zero-order valence-corrected chi connectivity index (χ0v) is 16.2. The van der Waals surface area contributed by atoms with Gasteiger partial charge in [-0.25, -0.2) is 0 Å². The Morgan fingerprint density at radius 1 is 0.792 bits per heavy atom. The number of fused-ring (bicyclic) bond motifs is 1. The number of hydrogen-bond acceptors (Lipinski definition) is 1. The van der Waals surface area contributed by atoms with Gasteiger partial charge in [-0.1, -0.05) is 101 Å². The van der Waals surface area contributed by atoms with E-state index in [9.17, 15) is 0 Å². The smallest absolute Gasteiger partial charge is 0.289 e. The standard InChI is InChI=1S/C21H19BrOSi/c1-21(16-22)19-14-8-9-15-20(19)24(23-21,17-10-4-2-5-11-17)18-12-6-3-7-13-18/h2-15H,16H2,1H3/t21-/m1/s1. The second kappa shape index (κ2) is 5.99. The summed E-state index contributed by atoms with van der Waals surface area (Å²) in [5.41, 5.74) is 0.996. The first-order chi connectivity index (χ1) is 11.7. The van der Waals surface area contributed by atoms with Gasteiger partial charge in [0.2, 0.25) is 0 Å². The van der Waals surface area contributed by atoms with Crippen LogP contribution in [0.25, 0.3) is 0 Å². The highest BCUT2D eigenvalue weighted by Crippen LogP contribution is 2.36. The lowest BCUT2D eigenvalue weighted by Crippen LogP contribution is -2.67. The molecular weight excluding hydrogens is 376 g/mol. The molecular formula is C21H19BrOSi. The number of halogens is 1. The molecule has 0 aliphatic carbocycles. The van der Waals surface area contributed by atoms with Crippen molar-refractivity contribution in [3.8, 4) is 0 Å². The van der Waals surface area contributed by atoms with E-state index in [4.69, 9.17) is 4.43 Å². The molecule has 4 rings (SSSR count). The average Bonchev–Trinajstić information content (AvgIpc) is 2.95. The van der Waals surface area contributed by atoms with Gasteiger partial charge < -0.3 is 4.43 Å². The Balaban J connectivity index is 2.07. The Labute approximate surface area is 152 Å². The molecule has 3 heteroatoms. The summed E-state index contributed by atoms with van der Waals surface area (Å²) in [5.74, 6) is 0. The Kier molecular flexibility index (Phi) is 3.95. The number of hydrogen-bond donors (Lipinski definition) is 0. The van der Waals surface area contributed by atoms with Gasteiger partial charge in [-0.15, -0.1) is 0 Å². The predicted molar refractivity (Wildman–Crippen MR) is 106 cm³/mol. The first kappa shape index (κ1) is 15.8. The van der Waals surface area contributed by atoms with Crippen molar-refractivity contribution in [2.75, 3.05) is 5.33 Å². The van der Waals surface area contributed by atoms with Crippen LogP contribution in [-0.2, 0) is 10.0 Å². The summed E-state index contributed by atoms with van der Waals surface area (Å²) >= 11 is 3.70. The fourth-order valence-electron chi connectivity index (χ4n) is 3.74. The van der Waals surface area contributed by atoms with Crippen LogP contribution in [0.2, 0.25) is 0 Å². The van der Waals surface area contributed by atoms with E-state index >= 15 is 0 Å². The first-order valence-corrected chi connectivity index (χ1v) is 11.2. The Morgan fingerprint density at radius 2 is 1.29 bits per heavy atom. The van der Waals surface area contributed by atoms with Gasteiger partial charge in [0.25, 0.3) is 8.32 Å². The van der Waals surface area contributed by atoms with E-state index in [1.165, 1.54) is 21.1 Å². The Morgan fingerprint density at radius 3 is 1.83 bits per heavy atom. The largest absolute Gasteiger partial charge is 0.394 e. The van der Waals surface area contributed by atoms with Crippen LogP contribution in [0.3, 0.4) is 0 Å². The average molecular weight is 395 g/mol. The van der Waals surface area contributed by atoms with E-state index in [0.717, 1.165) is 5.33 Å². The summed E-state index contributed by atoms with van der Waals surface area (Å²) in [6, 6.07) is 30.2. The Bertz CT molecular complexity index is 810. The van der Waals surface area contributed by atoms with Crippen molar-refractivity contribution in [2.24, 2.45) is 0 Å². The third-order valence-corrected chi connectivity index (χ3v) is 10.2. The van der Waals surface area contributed by atoms with E-state index in [-0.39, 0.29) is 5.60 Å². The summed E-state index contributed by atoms with van der Waals surface area (Å²) in [5, 5.41) is 4.75. The van der Waals surface area contributed by atoms with Crippen LogP contribution in [0.1, 0.15) is 12.5 Å². The molecule has 1 nitrogen and oxygen atoms in total. The second-order valence-electron chi connectivity index (χ2n) is 6.43. The maximum atomic E-state index is 7.02. The lowest BCUT2D eigenvalue weighted by molar-refractivity contribution is 0.128. The number of alkyl halides is 1. The van der Waals surface area contributed by atoms with Crippen molar-refractivity contribution < 1.29 is 4.43 Å². The van der Waals surface area contributed by atoms with E-state index in [1.807, 2.05) is 0 Å². The SMILES string of the molecule is C[C@]1(CBr)O[Si](c2ccccc2)(c2ccccc2)c2ccccc21. The molecule has 1 atom stereocenters. The highest BCUT2D eigenvalue weighted by molar-refractivity contribution is 9.09. The van der Waals surface area contributed by atoms with Gasteiger partial charge in [-0.05, 0) is 28.0 Å². The highest BCUT2D eigenvalue weighted by atomic mass is 79.9. The van der Waals surface area contributed by atoms with Crippen molar-refractivity contribution in [3.63, 3.8) is 0 Å². The van der Waals surface area contributed by atoms with Gasteiger partial charge >= 0.3 is 0 Å². The summed E-state index contributed by atoms with van der Waals surface area (Å²) in [4.78, 5) is 0. The first-order valence-electron chi connectivity index (χ1n) is 8.18. The summed E-state index contributed by atoms with van der Waals surface area (Å²) in [6.45, 7) is 2.20. The maximum Gasteiger partial charge on any atom is 0.289 e. The van der Waals surface area contributed by atoms with Crippen LogP contribution in [-0.4, -0.2) is 13.6 Å². The molecule has 0 fully saturated rings. The minimum absolute atomic E-state index is 0.311. The van der Waals surface area contributed by atoms with E-state index < -0.39 is 8.32 Å². The van der Waals surface area contributed by atoms with Crippen molar-refractivity contribution in [1.82, 2.24) is 0 Å². The molecule has 1 aliphatic rings. The lowest BCUT2D eigenvalue weighted by atomic mass is 9.99. The molecule has 24 heavy (non-hydrogen) atoms. The summed E-state index contributed by atoms with van der Waals surface area (Å²) < 4.78 is 7.02. The monoisotopic (exact) mass is 394 g/mol. The molecule has 0 saturated carbocycles. The molecule has 0 aromatic heterocycles. The zero-order chi connectivity index (χ0) is 16.6. The fraction of sp³-hybridized carbons (Fsp3) is 0.143. The molecule has 1 heterocycles. The van der Waals surface area contributed by atoms with E-state index in [2.05, 4.69) is 108 Å². The normalized spacial score (nSPS) is 21.4. The van der Waals surface area contributed by atoms with Gasteiger partial charge in [-0.2, -0.15) is 0 Å². The van der Waals surface area contributed by atoms with Crippen LogP contribution in [0.5, 0.6) is 0 Å². The molecule has 0 N–H and O–H groups in total. The van der Waals surface area contributed by atoms with Gasteiger partial charge in [0.05, 0.1) is 5.60 Å². The highest BCUT2D eigenvalue weighted by Gasteiger charge is 2.55. The molecule has 0 unspecified atom stereocenters. The van der Waals surface area contributed by atoms with E-state index in [0.29, 0.717) is 0 Å². The molecule has 0 radical (unpaired) electrons. The molecule has 0 bridgehead atoms. The lowest BCUT2D eigenvalue weighted by Gasteiger charge is -2.32. The number of rotatable bonds is 3. The zero-order valence-electron chi connectivity index (χ0n) is 13.6. The van der Waals surface area contributed by atoms with Crippen LogP contribution >= 0.6 is 15.9 Å². The minimum Gasteiger partial charge on any atom is -0.394 e. The van der Waals surface area contributed by atoms with Crippen molar-refractivity contribution in [1.29, 1.82) is 0 Å². The van der Waals surface area contributed by atoms with E-state index in [1.54, 1.807) is 0 Å². The summed E-state index contributed by atoms with van der Waals surface area (Å²) in [7, 11) is -2.49. The van der Waals surface area contributed by atoms with Crippen LogP contribution < -0.4 is 15.6 Å². The minimum atomic E-state index is -2.49. The van der Waals surface area contributed by atoms with Gasteiger partial charge in [0.1, 0.15) is 0 Å². The summed E-state index contributed by atoms with van der Waals surface area (Å²) in [6.07, 6.45) is 0. The molecule has 3 aromatic carbocycles. The molecule has 1 aliphatic heterocycles. The predicted octanol–water partition coefficient (Wildman–Crippen LogP) is 3.29. The molecule has 120 valence electrons. The van der Waals surface area contributed by atoms with Gasteiger partial charge in [0, 0.05) is 5.33 Å². The topological polar surface area (TPSA) is 9.23 Å². The third-order valence-electron chi connectivity index (χ3n) is 4.87. The van der Waals surface area contributed by atoms with Gasteiger partial charge in [-0.3, -0.25) is 0 Å². The maximum absolute atomic E-state index is 7.02. The van der Waals surface area contributed by atoms with Crippen LogP contribution in [0.15, 0.2) is 84.9 Å². The molecule has 0 spiro atoms. The molecule has 0 saturated heterocycles. The molecule has 0 amide bonds. The Hall–Kier alpha value is -1.68. The van der Waals surface area contributed by atoms with Gasteiger partial charge in [0.15, 0.2) is 0 Å². The quantitative estimate of drug-likeness (QED) is 0.489. The third kappa shape index (κ3) is 2.23. The van der Waals surface area contributed by atoms with Crippen molar-refractivity contribution >= 4 is 39.8 Å².